The molecule has 6 rings (SSSR count). The van der Waals surface area contributed by atoms with Crippen LogP contribution in [-0.4, -0.2) is 53.2 Å². The van der Waals surface area contributed by atoms with Gasteiger partial charge in [0.1, 0.15) is 18.2 Å². The maximum Gasteiger partial charge on any atom is 0.255 e. The third kappa shape index (κ3) is 6.95. The molecular formula is C35H36N6O3. The zero-order valence-electron chi connectivity index (χ0n) is 25.0. The van der Waals surface area contributed by atoms with Crippen LogP contribution in [0.25, 0.3) is 22.0 Å². The van der Waals surface area contributed by atoms with Gasteiger partial charge in [-0.1, -0.05) is 49.4 Å². The van der Waals surface area contributed by atoms with E-state index in [-0.39, 0.29) is 11.9 Å². The molecule has 0 aliphatic carbocycles. The lowest BCUT2D eigenvalue weighted by Crippen LogP contribution is -2.36. The molecule has 9 heteroatoms. The Hall–Kier alpha value is -5.02. The number of carbonyl (C=O) groups is 1. The van der Waals surface area contributed by atoms with Crippen LogP contribution in [-0.2, 0) is 11.3 Å². The Balaban J connectivity index is 1.29. The summed E-state index contributed by atoms with van der Waals surface area (Å²) in [6, 6.07) is 25.7. The third-order valence-electron chi connectivity index (χ3n) is 7.68. The van der Waals surface area contributed by atoms with Gasteiger partial charge in [-0.15, -0.1) is 0 Å². The molecule has 1 fully saturated rings. The minimum atomic E-state index is -0.201. The molecule has 2 N–H and O–H groups in total. The fourth-order valence-corrected chi connectivity index (χ4v) is 5.02. The number of carbonyl (C=O) groups excluding carboxylic acids is 1. The van der Waals surface area contributed by atoms with E-state index < -0.39 is 0 Å². The summed E-state index contributed by atoms with van der Waals surface area (Å²) in [5.74, 6) is 1.86. The maximum absolute atomic E-state index is 13.3. The van der Waals surface area contributed by atoms with Gasteiger partial charge >= 0.3 is 0 Å². The molecule has 0 unspecified atom stereocenters. The molecule has 1 amide bonds. The largest absolute Gasteiger partial charge is 0.488 e. The number of hydrogen-bond donors (Lipinski definition) is 2. The Morgan fingerprint density at radius 2 is 1.84 bits per heavy atom. The summed E-state index contributed by atoms with van der Waals surface area (Å²) in [6.45, 7) is 7.44. The van der Waals surface area contributed by atoms with Crippen LogP contribution in [0, 0.1) is 0 Å². The molecule has 1 aliphatic rings. The third-order valence-corrected chi connectivity index (χ3v) is 7.68. The number of rotatable bonds is 10. The first-order chi connectivity index (χ1) is 21.6. The lowest BCUT2D eigenvalue weighted by Gasteiger charge is -2.27. The van der Waals surface area contributed by atoms with Crippen LogP contribution >= 0.6 is 0 Å². The SMILES string of the molecule is CC[C@H](C)Nc1ncc2cc(-c3cccc(NC(=O)c4ccnc(N5CCOCC5)c4)c3)c(OCc3ccccc3)cc2n1. The van der Waals surface area contributed by atoms with Gasteiger partial charge in [0.05, 0.1) is 18.7 Å². The molecular weight excluding hydrogens is 552 g/mol. The van der Waals surface area contributed by atoms with E-state index in [0.29, 0.717) is 42.8 Å². The lowest BCUT2D eigenvalue weighted by molar-refractivity contribution is 0.102. The predicted molar refractivity (Wildman–Crippen MR) is 174 cm³/mol. The van der Waals surface area contributed by atoms with E-state index in [0.717, 1.165) is 52.9 Å². The highest BCUT2D eigenvalue weighted by Crippen LogP contribution is 2.36. The predicted octanol–water partition coefficient (Wildman–Crippen LogP) is 6.57. The van der Waals surface area contributed by atoms with E-state index in [4.69, 9.17) is 14.5 Å². The number of hydrogen-bond acceptors (Lipinski definition) is 8. The van der Waals surface area contributed by atoms with E-state index in [2.05, 4.69) is 39.3 Å². The summed E-state index contributed by atoms with van der Waals surface area (Å²) < 4.78 is 11.9. The van der Waals surface area contributed by atoms with Crippen molar-refractivity contribution in [1.82, 2.24) is 15.0 Å². The number of aromatic nitrogens is 3. The van der Waals surface area contributed by atoms with E-state index in [1.807, 2.05) is 79.0 Å². The number of morpholine rings is 1. The van der Waals surface area contributed by atoms with Crippen molar-refractivity contribution >= 4 is 34.3 Å². The second kappa shape index (κ2) is 13.5. The van der Waals surface area contributed by atoms with Crippen LogP contribution in [0.3, 0.4) is 0 Å². The zero-order chi connectivity index (χ0) is 30.3. The molecule has 1 aliphatic heterocycles. The van der Waals surface area contributed by atoms with E-state index in [1.54, 1.807) is 12.3 Å². The van der Waals surface area contributed by atoms with E-state index in [9.17, 15) is 4.79 Å². The second-order valence-electron chi connectivity index (χ2n) is 10.9. The summed E-state index contributed by atoms with van der Waals surface area (Å²) in [4.78, 5) is 29.2. The van der Waals surface area contributed by atoms with Crippen LogP contribution in [0.2, 0.25) is 0 Å². The number of pyridine rings is 1. The molecule has 0 spiro atoms. The minimum Gasteiger partial charge on any atom is -0.488 e. The van der Waals surface area contributed by atoms with Gasteiger partial charge in [-0.05, 0) is 54.8 Å². The van der Waals surface area contributed by atoms with Crippen LogP contribution < -0.4 is 20.3 Å². The Morgan fingerprint density at radius 3 is 2.66 bits per heavy atom. The zero-order valence-corrected chi connectivity index (χ0v) is 25.0. The van der Waals surface area contributed by atoms with Gasteiger partial charge in [-0.3, -0.25) is 4.79 Å². The first-order valence-electron chi connectivity index (χ1n) is 15.0. The van der Waals surface area contributed by atoms with Gasteiger partial charge in [0.15, 0.2) is 0 Å². The van der Waals surface area contributed by atoms with Crippen LogP contribution in [0.5, 0.6) is 5.75 Å². The molecule has 0 saturated carbocycles. The Morgan fingerprint density at radius 1 is 1.00 bits per heavy atom. The highest BCUT2D eigenvalue weighted by molar-refractivity contribution is 6.05. The van der Waals surface area contributed by atoms with Crippen molar-refractivity contribution in [3.63, 3.8) is 0 Å². The fraction of sp³-hybridized carbons (Fsp3) is 0.257. The normalized spacial score (nSPS) is 13.8. The Labute approximate surface area is 257 Å². The monoisotopic (exact) mass is 588 g/mol. The van der Waals surface area contributed by atoms with Crippen molar-refractivity contribution < 1.29 is 14.3 Å². The second-order valence-corrected chi connectivity index (χ2v) is 10.9. The number of anilines is 3. The number of nitrogens with zero attached hydrogens (tertiary/aromatic N) is 4. The molecule has 0 radical (unpaired) electrons. The first-order valence-corrected chi connectivity index (χ1v) is 15.0. The summed E-state index contributed by atoms with van der Waals surface area (Å²) in [5.41, 5.74) is 4.86. The summed E-state index contributed by atoms with van der Waals surface area (Å²) in [5, 5.41) is 7.31. The molecule has 1 atom stereocenters. The molecule has 9 nitrogen and oxygen atoms in total. The molecule has 1 saturated heterocycles. The molecule has 44 heavy (non-hydrogen) atoms. The highest BCUT2D eigenvalue weighted by Gasteiger charge is 2.16. The van der Waals surface area contributed by atoms with Crippen LogP contribution in [0.1, 0.15) is 36.2 Å². The van der Waals surface area contributed by atoms with Gasteiger partial charge in [0.2, 0.25) is 5.95 Å². The first kappa shape index (κ1) is 29.1. The van der Waals surface area contributed by atoms with E-state index >= 15 is 0 Å². The lowest BCUT2D eigenvalue weighted by atomic mass is 10.0. The molecule has 0 bridgehead atoms. The average molecular weight is 589 g/mol. The summed E-state index contributed by atoms with van der Waals surface area (Å²) >= 11 is 0. The Bertz CT molecular complexity index is 1740. The molecule has 3 heterocycles. The van der Waals surface area contributed by atoms with Crippen molar-refractivity contribution in [3.8, 4) is 16.9 Å². The van der Waals surface area contributed by atoms with Crippen LogP contribution in [0.15, 0.2) is 91.3 Å². The molecule has 5 aromatic rings. The van der Waals surface area contributed by atoms with Crippen molar-refractivity contribution in [2.24, 2.45) is 0 Å². The van der Waals surface area contributed by atoms with Gasteiger partial charge in [0.25, 0.3) is 5.91 Å². The molecule has 2 aromatic heterocycles. The molecule has 224 valence electrons. The number of amides is 1. The standard InChI is InChI=1S/C35H36N6O3/c1-3-24(2)38-35-37-22-28-19-30(32(21-31(28)40-35)44-23-25-8-5-4-6-9-25)26-10-7-11-29(18-26)39-34(42)27-12-13-36-33(20-27)41-14-16-43-17-15-41/h4-13,18-22,24H,3,14-17,23H2,1-2H3,(H,39,42)(H,37,38,40)/t24-/m0/s1. The number of ether oxygens (including phenoxy) is 2. The maximum atomic E-state index is 13.3. The minimum absolute atomic E-state index is 0.201. The van der Waals surface area contributed by atoms with Gasteiger partial charge in [-0.25, -0.2) is 15.0 Å². The van der Waals surface area contributed by atoms with Gasteiger partial charge in [-0.2, -0.15) is 0 Å². The number of fused-ring (bicyclic) bond motifs is 1. The van der Waals surface area contributed by atoms with E-state index in [1.165, 1.54) is 0 Å². The number of benzene rings is 3. The van der Waals surface area contributed by atoms with Crippen LogP contribution in [0.4, 0.5) is 17.5 Å². The smallest absolute Gasteiger partial charge is 0.255 e. The topological polar surface area (TPSA) is 102 Å². The average Bonchev–Trinajstić information content (AvgIpc) is 3.08. The highest BCUT2D eigenvalue weighted by atomic mass is 16.5. The Kier molecular flexibility index (Phi) is 8.93. The van der Waals surface area contributed by atoms with Crippen molar-refractivity contribution in [2.75, 3.05) is 41.8 Å². The van der Waals surface area contributed by atoms with Crippen molar-refractivity contribution in [3.05, 3.63) is 102 Å². The molecule has 3 aromatic carbocycles. The number of nitrogens with one attached hydrogen (secondary N) is 2. The van der Waals surface area contributed by atoms with Gasteiger partial charge in [0, 0.05) is 59.8 Å². The summed E-state index contributed by atoms with van der Waals surface area (Å²) in [6.07, 6.45) is 4.47. The quantitative estimate of drug-likeness (QED) is 0.189. The van der Waals surface area contributed by atoms with Crippen molar-refractivity contribution in [2.45, 2.75) is 32.9 Å². The van der Waals surface area contributed by atoms with Gasteiger partial charge < -0.3 is 25.0 Å². The fourth-order valence-electron chi connectivity index (χ4n) is 5.02. The summed E-state index contributed by atoms with van der Waals surface area (Å²) in [7, 11) is 0. The van der Waals surface area contributed by atoms with Crippen molar-refractivity contribution in [1.29, 1.82) is 0 Å².